The number of carbonyl (C=O) groups is 1. The SMILES string of the molecule is CCn1c(=O)c(C)nc2cc(-c3noc(CNC(=O)C(c4ccccc4)c4ccccc4)n3)ccc21. The summed E-state index contributed by atoms with van der Waals surface area (Å²) in [5, 5.41) is 7.01. The van der Waals surface area contributed by atoms with E-state index in [9.17, 15) is 9.59 Å². The van der Waals surface area contributed by atoms with Gasteiger partial charge in [-0.1, -0.05) is 65.8 Å². The van der Waals surface area contributed by atoms with Gasteiger partial charge in [-0.05, 0) is 43.2 Å². The van der Waals surface area contributed by atoms with E-state index in [0.717, 1.165) is 16.6 Å². The Hall–Kier alpha value is -4.59. The van der Waals surface area contributed by atoms with Gasteiger partial charge in [-0.15, -0.1) is 0 Å². The molecule has 0 radical (unpaired) electrons. The lowest BCUT2D eigenvalue weighted by atomic mass is 9.90. The van der Waals surface area contributed by atoms with Crippen molar-refractivity contribution in [1.82, 2.24) is 25.0 Å². The maximum absolute atomic E-state index is 13.2. The van der Waals surface area contributed by atoms with Crippen LogP contribution in [0.3, 0.4) is 0 Å². The Morgan fingerprint density at radius 3 is 2.28 bits per heavy atom. The lowest BCUT2D eigenvalue weighted by Gasteiger charge is -2.17. The van der Waals surface area contributed by atoms with Crippen LogP contribution in [0.5, 0.6) is 0 Å². The summed E-state index contributed by atoms with van der Waals surface area (Å²) in [4.78, 5) is 34.5. The van der Waals surface area contributed by atoms with Crippen molar-refractivity contribution < 1.29 is 9.32 Å². The third-order valence-corrected chi connectivity index (χ3v) is 6.09. The summed E-state index contributed by atoms with van der Waals surface area (Å²) in [6, 6.07) is 24.8. The molecule has 5 rings (SSSR count). The largest absolute Gasteiger partial charge is 0.346 e. The monoisotopic (exact) mass is 479 g/mol. The van der Waals surface area contributed by atoms with Gasteiger partial charge in [0.15, 0.2) is 0 Å². The van der Waals surface area contributed by atoms with E-state index >= 15 is 0 Å². The van der Waals surface area contributed by atoms with E-state index in [2.05, 4.69) is 20.4 Å². The second-order valence-corrected chi connectivity index (χ2v) is 8.43. The molecular formula is C28H25N5O3. The minimum Gasteiger partial charge on any atom is -0.346 e. The Labute approximate surface area is 207 Å². The van der Waals surface area contributed by atoms with E-state index in [1.807, 2.05) is 85.8 Å². The van der Waals surface area contributed by atoms with Gasteiger partial charge in [-0.3, -0.25) is 9.59 Å². The van der Waals surface area contributed by atoms with Crippen molar-refractivity contribution >= 4 is 16.9 Å². The van der Waals surface area contributed by atoms with Gasteiger partial charge in [0.2, 0.25) is 17.6 Å². The number of nitrogens with one attached hydrogen (secondary N) is 1. The number of aromatic nitrogens is 4. The fourth-order valence-corrected chi connectivity index (χ4v) is 4.32. The third kappa shape index (κ3) is 4.53. The first-order valence-electron chi connectivity index (χ1n) is 11.8. The van der Waals surface area contributed by atoms with Crippen molar-refractivity contribution in [2.75, 3.05) is 0 Å². The van der Waals surface area contributed by atoms with E-state index in [4.69, 9.17) is 4.52 Å². The molecule has 0 aliphatic carbocycles. The van der Waals surface area contributed by atoms with Crippen molar-refractivity contribution in [2.24, 2.45) is 0 Å². The summed E-state index contributed by atoms with van der Waals surface area (Å²) in [5.41, 5.74) is 4.28. The quantitative estimate of drug-likeness (QED) is 0.375. The second-order valence-electron chi connectivity index (χ2n) is 8.43. The highest BCUT2D eigenvalue weighted by Gasteiger charge is 2.23. The average molecular weight is 480 g/mol. The number of benzene rings is 3. The zero-order chi connectivity index (χ0) is 25.1. The Bertz CT molecular complexity index is 1540. The highest BCUT2D eigenvalue weighted by Crippen LogP contribution is 2.25. The Morgan fingerprint density at radius 1 is 0.972 bits per heavy atom. The molecule has 0 unspecified atom stereocenters. The van der Waals surface area contributed by atoms with Crippen LogP contribution in [0.4, 0.5) is 0 Å². The molecule has 8 heteroatoms. The van der Waals surface area contributed by atoms with E-state index < -0.39 is 5.92 Å². The smallest absolute Gasteiger partial charge is 0.272 e. The Morgan fingerprint density at radius 2 is 1.64 bits per heavy atom. The van der Waals surface area contributed by atoms with Crippen LogP contribution >= 0.6 is 0 Å². The van der Waals surface area contributed by atoms with Crippen LogP contribution in [0.2, 0.25) is 0 Å². The van der Waals surface area contributed by atoms with Crippen LogP contribution in [0.1, 0.15) is 35.6 Å². The van der Waals surface area contributed by atoms with Gasteiger partial charge < -0.3 is 14.4 Å². The molecule has 0 fully saturated rings. The first-order valence-corrected chi connectivity index (χ1v) is 11.8. The molecule has 3 aromatic carbocycles. The van der Waals surface area contributed by atoms with E-state index in [1.54, 1.807) is 11.5 Å². The zero-order valence-corrected chi connectivity index (χ0v) is 20.0. The Kier molecular flexibility index (Phi) is 6.40. The maximum Gasteiger partial charge on any atom is 0.272 e. The van der Waals surface area contributed by atoms with Gasteiger partial charge in [-0.2, -0.15) is 4.98 Å². The molecule has 0 saturated carbocycles. The van der Waals surface area contributed by atoms with Gasteiger partial charge in [0.05, 0.1) is 23.5 Å². The fraction of sp³-hybridized carbons (Fsp3) is 0.179. The number of amides is 1. The van der Waals surface area contributed by atoms with E-state index in [-0.39, 0.29) is 18.0 Å². The summed E-state index contributed by atoms with van der Waals surface area (Å²) in [6.45, 7) is 4.28. The zero-order valence-electron chi connectivity index (χ0n) is 20.0. The topological polar surface area (TPSA) is 103 Å². The number of hydrogen-bond donors (Lipinski definition) is 1. The molecule has 0 aliphatic rings. The summed E-state index contributed by atoms with van der Waals surface area (Å²) in [7, 11) is 0. The highest BCUT2D eigenvalue weighted by atomic mass is 16.5. The molecule has 0 aliphatic heterocycles. The third-order valence-electron chi connectivity index (χ3n) is 6.09. The normalized spacial score (nSPS) is 11.2. The van der Waals surface area contributed by atoms with Crippen LogP contribution in [0.25, 0.3) is 22.4 Å². The summed E-state index contributed by atoms with van der Waals surface area (Å²) < 4.78 is 7.10. The Balaban J connectivity index is 1.36. The lowest BCUT2D eigenvalue weighted by Crippen LogP contribution is -2.29. The number of carbonyl (C=O) groups excluding carboxylic acids is 1. The molecule has 8 nitrogen and oxygen atoms in total. The van der Waals surface area contributed by atoms with Gasteiger partial charge in [-0.25, -0.2) is 4.98 Å². The molecule has 0 atom stereocenters. The van der Waals surface area contributed by atoms with Crippen LogP contribution in [0, 0.1) is 6.92 Å². The predicted molar refractivity (Wildman–Crippen MR) is 136 cm³/mol. The molecule has 5 aromatic rings. The van der Waals surface area contributed by atoms with Gasteiger partial charge in [0.25, 0.3) is 5.56 Å². The second kappa shape index (κ2) is 9.95. The first kappa shape index (κ1) is 23.2. The van der Waals surface area contributed by atoms with Crippen LogP contribution < -0.4 is 10.9 Å². The minimum absolute atomic E-state index is 0.0975. The predicted octanol–water partition coefficient (Wildman–Crippen LogP) is 4.22. The minimum atomic E-state index is -0.458. The molecule has 36 heavy (non-hydrogen) atoms. The summed E-state index contributed by atoms with van der Waals surface area (Å²) >= 11 is 0. The van der Waals surface area contributed by atoms with Crippen molar-refractivity contribution in [3.8, 4) is 11.4 Å². The number of nitrogens with zero attached hydrogens (tertiary/aromatic N) is 4. The summed E-state index contributed by atoms with van der Waals surface area (Å²) in [6.07, 6.45) is 0. The average Bonchev–Trinajstić information content (AvgIpc) is 3.39. The lowest BCUT2D eigenvalue weighted by molar-refractivity contribution is -0.122. The standard InChI is InChI=1S/C28H25N5O3/c1-3-33-23-15-14-21(16-22(23)30-18(2)28(33)35)26-31-24(36-32-26)17-29-27(34)25(19-10-6-4-7-11-19)20-12-8-5-9-13-20/h4-16,25H,3,17H2,1-2H3,(H,29,34). The van der Waals surface area contributed by atoms with Crippen molar-refractivity contribution in [3.05, 3.63) is 112 Å². The van der Waals surface area contributed by atoms with Gasteiger partial charge >= 0.3 is 0 Å². The molecule has 180 valence electrons. The molecule has 0 spiro atoms. The summed E-state index contributed by atoms with van der Waals surface area (Å²) in [5.74, 6) is 0.0642. The number of rotatable bonds is 7. The number of fused-ring (bicyclic) bond motifs is 1. The fourth-order valence-electron chi connectivity index (χ4n) is 4.32. The molecular weight excluding hydrogens is 454 g/mol. The molecule has 1 N–H and O–H groups in total. The van der Waals surface area contributed by atoms with E-state index in [1.165, 1.54) is 0 Å². The molecule has 2 aromatic heterocycles. The van der Waals surface area contributed by atoms with Crippen molar-refractivity contribution in [2.45, 2.75) is 32.9 Å². The molecule has 2 heterocycles. The highest BCUT2D eigenvalue weighted by molar-refractivity contribution is 5.87. The molecule has 0 bridgehead atoms. The van der Waals surface area contributed by atoms with Crippen molar-refractivity contribution in [1.29, 1.82) is 0 Å². The van der Waals surface area contributed by atoms with Gasteiger partial charge in [0, 0.05) is 12.1 Å². The first-order chi connectivity index (χ1) is 17.5. The number of aryl methyl sites for hydroxylation is 2. The van der Waals surface area contributed by atoms with Crippen LogP contribution in [0.15, 0.2) is 88.2 Å². The molecule has 1 amide bonds. The van der Waals surface area contributed by atoms with E-state index in [0.29, 0.717) is 35.0 Å². The molecule has 0 saturated heterocycles. The van der Waals surface area contributed by atoms with Crippen molar-refractivity contribution in [3.63, 3.8) is 0 Å². The maximum atomic E-state index is 13.2. The van der Waals surface area contributed by atoms with Crippen LogP contribution in [-0.2, 0) is 17.9 Å². The number of hydrogen-bond acceptors (Lipinski definition) is 6. The van der Waals surface area contributed by atoms with Gasteiger partial charge in [0.1, 0.15) is 5.69 Å². The van der Waals surface area contributed by atoms with Crippen LogP contribution in [-0.4, -0.2) is 25.6 Å².